The molecular weight excluding hydrogens is 290 g/mol. The zero-order valence-electron chi connectivity index (χ0n) is 13.2. The van der Waals surface area contributed by atoms with Crippen LogP contribution in [-0.2, 0) is 4.79 Å². The molecular formula is C18H21N3O2. The van der Waals surface area contributed by atoms with E-state index in [1.54, 1.807) is 6.92 Å². The number of rotatable bonds is 3. The van der Waals surface area contributed by atoms with Gasteiger partial charge in [0, 0.05) is 18.5 Å². The minimum Gasteiger partial charge on any atom is -0.341 e. The van der Waals surface area contributed by atoms with Crippen molar-refractivity contribution < 1.29 is 9.59 Å². The number of anilines is 1. The van der Waals surface area contributed by atoms with Crippen LogP contribution in [0.2, 0.25) is 0 Å². The van der Waals surface area contributed by atoms with Crippen molar-refractivity contribution in [1.29, 1.82) is 0 Å². The number of nitrogens with one attached hydrogen (secondary N) is 2. The van der Waals surface area contributed by atoms with Gasteiger partial charge in [-0.3, -0.25) is 4.79 Å². The summed E-state index contributed by atoms with van der Waals surface area (Å²) in [4.78, 5) is 26.2. The third-order valence-electron chi connectivity index (χ3n) is 4.17. The summed E-state index contributed by atoms with van der Waals surface area (Å²) >= 11 is 0. The number of hydrogen-bond donors (Lipinski definition) is 2. The molecule has 2 aromatic rings. The van der Waals surface area contributed by atoms with E-state index in [2.05, 4.69) is 10.6 Å². The van der Waals surface area contributed by atoms with E-state index in [1.165, 1.54) is 0 Å². The molecule has 0 radical (unpaired) electrons. The summed E-state index contributed by atoms with van der Waals surface area (Å²) in [6.45, 7) is 3.30. The van der Waals surface area contributed by atoms with E-state index in [4.69, 9.17) is 0 Å². The van der Waals surface area contributed by atoms with E-state index >= 15 is 0 Å². The molecule has 1 heterocycles. The smallest absolute Gasteiger partial charge is 0.319 e. The highest BCUT2D eigenvalue weighted by atomic mass is 16.2. The molecule has 0 spiro atoms. The molecule has 5 nitrogen and oxygen atoms in total. The summed E-state index contributed by atoms with van der Waals surface area (Å²) in [5.74, 6) is -0.0180. The molecule has 1 aliphatic rings. The summed E-state index contributed by atoms with van der Waals surface area (Å²) in [7, 11) is 0. The molecule has 0 saturated carbocycles. The Kier molecular flexibility index (Phi) is 4.46. The fourth-order valence-electron chi connectivity index (χ4n) is 2.96. The number of hydrogen-bond acceptors (Lipinski definition) is 2. The molecule has 2 aromatic carbocycles. The van der Waals surface area contributed by atoms with Crippen molar-refractivity contribution in [3.05, 3.63) is 42.5 Å². The van der Waals surface area contributed by atoms with E-state index in [9.17, 15) is 9.59 Å². The van der Waals surface area contributed by atoms with Gasteiger partial charge in [0.05, 0.1) is 5.69 Å². The maximum atomic E-state index is 12.2. The Balaban J connectivity index is 1.65. The monoisotopic (exact) mass is 311 g/mol. The van der Waals surface area contributed by atoms with Crippen LogP contribution in [0.5, 0.6) is 0 Å². The van der Waals surface area contributed by atoms with Crippen molar-refractivity contribution in [3.63, 3.8) is 0 Å². The Morgan fingerprint density at radius 3 is 2.52 bits per heavy atom. The molecule has 120 valence electrons. The van der Waals surface area contributed by atoms with Gasteiger partial charge in [-0.05, 0) is 31.2 Å². The number of fused-ring (bicyclic) bond motifs is 1. The number of likely N-dealkylation sites (tertiary alicyclic amines) is 1. The van der Waals surface area contributed by atoms with Crippen LogP contribution in [0.1, 0.15) is 19.8 Å². The van der Waals surface area contributed by atoms with Crippen molar-refractivity contribution in [2.75, 3.05) is 18.4 Å². The Morgan fingerprint density at radius 1 is 1.04 bits per heavy atom. The lowest BCUT2D eigenvalue weighted by Gasteiger charge is -2.21. The summed E-state index contributed by atoms with van der Waals surface area (Å²) in [5.41, 5.74) is 0.737. The van der Waals surface area contributed by atoms with Crippen LogP contribution in [0.15, 0.2) is 42.5 Å². The second kappa shape index (κ2) is 6.69. The zero-order valence-corrected chi connectivity index (χ0v) is 13.2. The van der Waals surface area contributed by atoms with E-state index < -0.39 is 6.04 Å². The molecule has 0 aliphatic carbocycles. The molecule has 23 heavy (non-hydrogen) atoms. The second-order valence-corrected chi connectivity index (χ2v) is 5.88. The van der Waals surface area contributed by atoms with Crippen LogP contribution < -0.4 is 10.6 Å². The average Bonchev–Trinajstić information content (AvgIpc) is 3.08. The quantitative estimate of drug-likeness (QED) is 0.915. The third-order valence-corrected chi connectivity index (χ3v) is 4.17. The number of amides is 3. The fourth-order valence-corrected chi connectivity index (χ4v) is 2.96. The Morgan fingerprint density at radius 2 is 1.74 bits per heavy atom. The zero-order chi connectivity index (χ0) is 16.2. The lowest BCUT2D eigenvalue weighted by molar-refractivity contribution is -0.131. The highest BCUT2D eigenvalue weighted by Gasteiger charge is 2.24. The number of benzene rings is 2. The minimum atomic E-state index is -0.525. The predicted octanol–water partition coefficient (Wildman–Crippen LogP) is 2.97. The Bertz CT molecular complexity index is 718. The molecule has 3 rings (SSSR count). The van der Waals surface area contributed by atoms with Gasteiger partial charge in [0.15, 0.2) is 0 Å². The normalized spacial score (nSPS) is 15.4. The molecule has 2 N–H and O–H groups in total. The van der Waals surface area contributed by atoms with Gasteiger partial charge < -0.3 is 15.5 Å². The highest BCUT2D eigenvalue weighted by Crippen LogP contribution is 2.22. The van der Waals surface area contributed by atoms with Crippen LogP contribution in [0.3, 0.4) is 0 Å². The average molecular weight is 311 g/mol. The van der Waals surface area contributed by atoms with Crippen molar-refractivity contribution in [1.82, 2.24) is 10.2 Å². The van der Waals surface area contributed by atoms with Gasteiger partial charge in [-0.1, -0.05) is 36.4 Å². The van der Waals surface area contributed by atoms with E-state index in [0.717, 1.165) is 42.4 Å². The van der Waals surface area contributed by atoms with Crippen LogP contribution in [0.25, 0.3) is 10.8 Å². The van der Waals surface area contributed by atoms with Gasteiger partial charge in [-0.25, -0.2) is 4.79 Å². The van der Waals surface area contributed by atoms with Crippen molar-refractivity contribution >= 4 is 28.4 Å². The van der Waals surface area contributed by atoms with Gasteiger partial charge in [0.1, 0.15) is 6.04 Å². The van der Waals surface area contributed by atoms with Crippen LogP contribution in [0.4, 0.5) is 10.5 Å². The third kappa shape index (κ3) is 3.44. The van der Waals surface area contributed by atoms with Gasteiger partial charge in [0.2, 0.25) is 5.91 Å². The Hall–Kier alpha value is -2.56. The van der Waals surface area contributed by atoms with E-state index in [1.807, 2.05) is 47.4 Å². The maximum Gasteiger partial charge on any atom is 0.319 e. The minimum absolute atomic E-state index is 0.0180. The van der Waals surface area contributed by atoms with Gasteiger partial charge in [0.25, 0.3) is 0 Å². The van der Waals surface area contributed by atoms with Gasteiger partial charge in [-0.15, -0.1) is 0 Å². The number of urea groups is 1. The first-order valence-electron chi connectivity index (χ1n) is 7.99. The summed E-state index contributed by atoms with van der Waals surface area (Å²) in [5, 5.41) is 7.61. The Labute approximate surface area is 135 Å². The van der Waals surface area contributed by atoms with Gasteiger partial charge in [-0.2, -0.15) is 0 Å². The number of carbonyl (C=O) groups is 2. The summed E-state index contributed by atoms with van der Waals surface area (Å²) in [6.07, 6.45) is 2.08. The lowest BCUT2D eigenvalue weighted by Crippen LogP contribution is -2.47. The molecule has 1 fully saturated rings. The van der Waals surface area contributed by atoms with Gasteiger partial charge >= 0.3 is 6.03 Å². The maximum absolute atomic E-state index is 12.2. The number of nitrogens with zero attached hydrogens (tertiary/aromatic N) is 1. The van der Waals surface area contributed by atoms with Crippen molar-refractivity contribution in [3.8, 4) is 0 Å². The fraction of sp³-hybridized carbons (Fsp3) is 0.333. The highest BCUT2D eigenvalue weighted by molar-refractivity contribution is 6.02. The van der Waals surface area contributed by atoms with Crippen LogP contribution in [0, 0.1) is 0 Å². The summed E-state index contributed by atoms with van der Waals surface area (Å²) < 4.78 is 0. The topological polar surface area (TPSA) is 61.4 Å². The van der Waals surface area contributed by atoms with E-state index in [0.29, 0.717) is 0 Å². The predicted molar refractivity (Wildman–Crippen MR) is 91.4 cm³/mol. The van der Waals surface area contributed by atoms with Crippen LogP contribution in [-0.4, -0.2) is 36.0 Å². The first-order valence-corrected chi connectivity index (χ1v) is 7.99. The first-order chi connectivity index (χ1) is 11.1. The number of carbonyl (C=O) groups excluding carboxylic acids is 2. The van der Waals surface area contributed by atoms with Crippen molar-refractivity contribution in [2.45, 2.75) is 25.8 Å². The summed E-state index contributed by atoms with van der Waals surface area (Å²) in [6, 6.07) is 12.7. The molecule has 0 bridgehead atoms. The van der Waals surface area contributed by atoms with E-state index in [-0.39, 0.29) is 11.9 Å². The molecule has 0 aromatic heterocycles. The second-order valence-electron chi connectivity index (χ2n) is 5.88. The molecule has 1 atom stereocenters. The molecule has 5 heteroatoms. The molecule has 0 unspecified atom stereocenters. The molecule has 1 aliphatic heterocycles. The van der Waals surface area contributed by atoms with Crippen molar-refractivity contribution in [2.24, 2.45) is 0 Å². The lowest BCUT2D eigenvalue weighted by atomic mass is 10.1. The SMILES string of the molecule is C[C@@H](NC(=O)Nc1cccc2ccccc12)C(=O)N1CCCC1. The molecule has 1 saturated heterocycles. The standard InChI is InChI=1S/C18H21N3O2/c1-13(17(22)21-11-4-5-12-21)19-18(23)20-16-10-6-8-14-7-2-3-9-15(14)16/h2-3,6-10,13H,4-5,11-12H2,1H3,(H2,19,20,23)/t13-/m1/s1. The van der Waals surface area contributed by atoms with Crippen LogP contribution >= 0.6 is 0 Å². The largest absolute Gasteiger partial charge is 0.341 e. The first kappa shape index (κ1) is 15.3. The molecule has 3 amide bonds.